The molecule has 0 saturated heterocycles. The quantitative estimate of drug-likeness (QED) is 0.438. The fourth-order valence-corrected chi connectivity index (χ4v) is 1.03. The van der Waals surface area contributed by atoms with Crippen molar-refractivity contribution in [3.63, 3.8) is 0 Å². The Morgan fingerprint density at radius 3 is 2.00 bits per heavy atom. The largest absolute Gasteiger partial charge is 0.480 e. The van der Waals surface area contributed by atoms with Gasteiger partial charge in [-0.1, -0.05) is 0 Å². The van der Waals surface area contributed by atoms with Crippen LogP contribution in [-0.4, -0.2) is 39.6 Å². The molecule has 6 nitrogen and oxygen atoms in total. The van der Waals surface area contributed by atoms with Gasteiger partial charge in [0.25, 0.3) is 0 Å². The van der Waals surface area contributed by atoms with Gasteiger partial charge in [0.05, 0.1) is 5.38 Å². The van der Waals surface area contributed by atoms with Crippen molar-refractivity contribution in [2.45, 2.75) is 30.3 Å². The zero-order valence-corrected chi connectivity index (χ0v) is 8.15. The first-order valence-electron chi connectivity index (χ1n) is 3.97. The Morgan fingerprint density at radius 2 is 1.64 bits per heavy atom. The minimum absolute atomic E-state index is 0.102. The fraction of sp³-hybridized carbons (Fsp3) is 0.714. The Labute approximate surface area is 85.8 Å². The third-order valence-electron chi connectivity index (χ3n) is 1.75. The molecular weight excluding hydrogens is 212 g/mol. The van der Waals surface area contributed by atoms with Gasteiger partial charge in [-0.05, 0) is 12.8 Å². The van der Waals surface area contributed by atoms with Gasteiger partial charge in [-0.15, -0.1) is 11.6 Å². The summed E-state index contributed by atoms with van der Waals surface area (Å²) >= 11 is 5.62. The lowest BCUT2D eigenvalue weighted by atomic mass is 10.1. The summed E-state index contributed by atoms with van der Waals surface area (Å²) in [6.07, 6.45) is 0.257. The van der Waals surface area contributed by atoms with Crippen LogP contribution in [0.3, 0.4) is 0 Å². The highest BCUT2D eigenvalue weighted by atomic mass is 35.5. The van der Waals surface area contributed by atoms with Gasteiger partial charge in [0.2, 0.25) is 0 Å². The van der Waals surface area contributed by atoms with Crippen LogP contribution in [-0.2, 0) is 9.59 Å². The van der Waals surface area contributed by atoms with E-state index in [0.717, 1.165) is 0 Å². The molecule has 0 aromatic heterocycles. The average Bonchev–Trinajstić information content (AvgIpc) is 2.11. The molecule has 0 aromatic carbocycles. The number of carboxylic acid groups (broad SMARTS) is 2. The molecular formula is C7H13ClN2O4. The summed E-state index contributed by atoms with van der Waals surface area (Å²) in [6, 6.07) is -2.23. The molecule has 0 radical (unpaired) electrons. The number of aliphatic carboxylic acids is 2. The van der Waals surface area contributed by atoms with Crippen LogP contribution in [0, 0.1) is 0 Å². The maximum absolute atomic E-state index is 10.4. The number of nitrogens with two attached hydrogens (primary N) is 2. The summed E-state index contributed by atoms with van der Waals surface area (Å²) in [5, 5.41) is 16.1. The standard InChI is InChI=1S/C7H13ClN2O4/c8-3(5(10)7(13)14)1-2-4(9)6(11)12/h3-5H,1-2,9-10H2,(H,11,12)(H,13,14)/t3?,4-,5+/m0/s1. The van der Waals surface area contributed by atoms with Gasteiger partial charge in [0, 0.05) is 0 Å². The summed E-state index contributed by atoms with van der Waals surface area (Å²) < 4.78 is 0. The monoisotopic (exact) mass is 224 g/mol. The SMILES string of the molecule is N[C@@H](CCC(Cl)[C@@H](N)C(=O)O)C(=O)O. The van der Waals surface area contributed by atoms with Crippen LogP contribution in [0.25, 0.3) is 0 Å². The van der Waals surface area contributed by atoms with Gasteiger partial charge in [0.15, 0.2) is 0 Å². The average molecular weight is 225 g/mol. The van der Waals surface area contributed by atoms with Crippen molar-refractivity contribution in [1.29, 1.82) is 0 Å². The normalized spacial score (nSPS) is 17.1. The number of alkyl halides is 1. The minimum atomic E-state index is -1.21. The molecule has 3 atom stereocenters. The molecule has 82 valence electrons. The molecule has 0 bridgehead atoms. The maximum atomic E-state index is 10.4. The van der Waals surface area contributed by atoms with Crippen LogP contribution in [0.15, 0.2) is 0 Å². The van der Waals surface area contributed by atoms with E-state index in [4.69, 9.17) is 33.3 Å². The molecule has 0 aromatic rings. The molecule has 6 N–H and O–H groups in total. The van der Waals surface area contributed by atoms with Crippen molar-refractivity contribution < 1.29 is 19.8 Å². The fourth-order valence-electron chi connectivity index (χ4n) is 0.797. The van der Waals surface area contributed by atoms with Crippen LogP contribution < -0.4 is 11.5 Å². The smallest absolute Gasteiger partial charge is 0.322 e. The van der Waals surface area contributed by atoms with Crippen LogP contribution in [0.4, 0.5) is 0 Å². The number of carboxylic acids is 2. The zero-order valence-electron chi connectivity index (χ0n) is 7.39. The van der Waals surface area contributed by atoms with Gasteiger partial charge >= 0.3 is 11.9 Å². The van der Waals surface area contributed by atoms with Crippen molar-refractivity contribution in [2.75, 3.05) is 0 Å². The molecule has 0 amide bonds. The van der Waals surface area contributed by atoms with E-state index in [-0.39, 0.29) is 12.8 Å². The molecule has 0 spiro atoms. The second-order valence-electron chi connectivity index (χ2n) is 2.90. The summed E-state index contributed by atoms with van der Waals surface area (Å²) in [6.45, 7) is 0. The Morgan fingerprint density at radius 1 is 1.14 bits per heavy atom. The third-order valence-corrected chi connectivity index (χ3v) is 2.24. The van der Waals surface area contributed by atoms with Crippen LogP contribution in [0.1, 0.15) is 12.8 Å². The molecule has 0 heterocycles. The van der Waals surface area contributed by atoms with Gasteiger partial charge in [-0.3, -0.25) is 9.59 Å². The number of halogens is 1. The topological polar surface area (TPSA) is 127 Å². The maximum Gasteiger partial charge on any atom is 0.322 e. The first-order valence-corrected chi connectivity index (χ1v) is 4.40. The van der Waals surface area contributed by atoms with Crippen molar-refractivity contribution in [3.05, 3.63) is 0 Å². The van der Waals surface area contributed by atoms with Crippen LogP contribution >= 0.6 is 11.6 Å². The van der Waals surface area contributed by atoms with Crippen LogP contribution in [0.5, 0.6) is 0 Å². The Kier molecular flexibility index (Phi) is 5.44. The molecule has 1 unspecified atom stereocenters. The van der Waals surface area contributed by atoms with E-state index in [1.165, 1.54) is 0 Å². The molecule has 0 aliphatic rings. The van der Waals surface area contributed by atoms with E-state index < -0.39 is 29.4 Å². The highest BCUT2D eigenvalue weighted by molar-refractivity contribution is 6.22. The van der Waals surface area contributed by atoms with Crippen LogP contribution in [0.2, 0.25) is 0 Å². The lowest BCUT2D eigenvalue weighted by Crippen LogP contribution is -2.40. The van der Waals surface area contributed by atoms with E-state index in [0.29, 0.717) is 0 Å². The number of carbonyl (C=O) groups is 2. The van der Waals surface area contributed by atoms with E-state index in [1.807, 2.05) is 0 Å². The number of hydrogen-bond acceptors (Lipinski definition) is 4. The predicted octanol–water partition coefficient (Wildman–Crippen LogP) is -0.802. The first-order chi connectivity index (χ1) is 6.36. The Bertz CT molecular complexity index is 224. The molecule has 0 aliphatic carbocycles. The summed E-state index contributed by atoms with van der Waals surface area (Å²) in [7, 11) is 0. The van der Waals surface area contributed by atoms with Crippen molar-refractivity contribution >= 4 is 23.5 Å². The lowest BCUT2D eigenvalue weighted by molar-refractivity contribution is -0.138. The van der Waals surface area contributed by atoms with Crippen molar-refractivity contribution in [1.82, 2.24) is 0 Å². The molecule has 0 rings (SSSR count). The number of rotatable bonds is 6. The highest BCUT2D eigenvalue weighted by Gasteiger charge is 2.23. The lowest BCUT2D eigenvalue weighted by Gasteiger charge is -2.14. The van der Waals surface area contributed by atoms with Crippen molar-refractivity contribution in [2.24, 2.45) is 11.5 Å². The molecule has 0 saturated carbocycles. The summed E-state index contributed by atoms with van der Waals surface area (Å²) in [4.78, 5) is 20.7. The predicted molar refractivity (Wildman–Crippen MR) is 50.1 cm³/mol. The number of hydrogen-bond donors (Lipinski definition) is 4. The summed E-state index contributed by atoms with van der Waals surface area (Å²) in [5.41, 5.74) is 10.4. The third kappa shape index (κ3) is 4.40. The van der Waals surface area contributed by atoms with E-state index in [1.54, 1.807) is 0 Å². The van der Waals surface area contributed by atoms with Crippen molar-refractivity contribution in [3.8, 4) is 0 Å². The Balaban J connectivity index is 3.90. The van der Waals surface area contributed by atoms with E-state index in [2.05, 4.69) is 0 Å². The molecule has 7 heteroatoms. The molecule has 14 heavy (non-hydrogen) atoms. The minimum Gasteiger partial charge on any atom is -0.480 e. The summed E-state index contributed by atoms with van der Waals surface area (Å²) in [5.74, 6) is -2.35. The second-order valence-corrected chi connectivity index (χ2v) is 3.46. The highest BCUT2D eigenvalue weighted by Crippen LogP contribution is 2.10. The molecule has 0 fully saturated rings. The van der Waals surface area contributed by atoms with E-state index >= 15 is 0 Å². The molecule has 0 aliphatic heterocycles. The van der Waals surface area contributed by atoms with Gasteiger partial charge in [-0.2, -0.15) is 0 Å². The zero-order chi connectivity index (χ0) is 11.3. The second kappa shape index (κ2) is 5.79. The van der Waals surface area contributed by atoms with E-state index in [9.17, 15) is 9.59 Å². The Hall–Kier alpha value is -0.850. The first kappa shape index (κ1) is 13.2. The van der Waals surface area contributed by atoms with Gasteiger partial charge in [-0.25, -0.2) is 0 Å². The van der Waals surface area contributed by atoms with Gasteiger partial charge < -0.3 is 21.7 Å². The van der Waals surface area contributed by atoms with Gasteiger partial charge in [0.1, 0.15) is 12.1 Å².